The third-order valence-corrected chi connectivity index (χ3v) is 5.59. The molecule has 0 spiro atoms. The van der Waals surface area contributed by atoms with Gasteiger partial charge in [-0.2, -0.15) is 15.5 Å². The Hall–Kier alpha value is -3.33. The number of hydrogen-bond donors (Lipinski definition) is 0. The third-order valence-electron chi connectivity index (χ3n) is 5.59. The molecule has 1 aliphatic rings. The number of piperidine rings is 1. The molecule has 3 aromatic heterocycles. The monoisotopic (exact) mass is 356 g/mol. The van der Waals surface area contributed by atoms with Crippen molar-refractivity contribution in [3.8, 4) is 17.2 Å². The van der Waals surface area contributed by atoms with Crippen LogP contribution in [0.2, 0.25) is 0 Å². The average molecular weight is 356 g/mol. The highest BCUT2D eigenvalue weighted by Crippen LogP contribution is 2.34. The van der Waals surface area contributed by atoms with Crippen LogP contribution in [0.1, 0.15) is 12.8 Å². The molecular formula is C21H20N6. The van der Waals surface area contributed by atoms with E-state index in [1.165, 1.54) is 5.69 Å². The number of nitrogens with zero attached hydrogens (tertiary/aromatic N) is 6. The second-order valence-corrected chi connectivity index (χ2v) is 7.18. The van der Waals surface area contributed by atoms with Crippen molar-refractivity contribution in [2.24, 2.45) is 13.0 Å². The van der Waals surface area contributed by atoms with E-state index in [9.17, 15) is 5.26 Å². The molecule has 1 aromatic carbocycles. The van der Waals surface area contributed by atoms with Crippen LogP contribution in [-0.2, 0) is 7.05 Å². The van der Waals surface area contributed by atoms with Gasteiger partial charge < -0.3 is 4.90 Å². The van der Waals surface area contributed by atoms with E-state index in [1.54, 1.807) is 0 Å². The molecule has 27 heavy (non-hydrogen) atoms. The first-order valence-electron chi connectivity index (χ1n) is 9.27. The molecule has 5 rings (SSSR count). The first-order chi connectivity index (χ1) is 13.2. The number of benzene rings is 1. The normalized spacial score (nSPS) is 15.5. The third kappa shape index (κ3) is 2.55. The summed E-state index contributed by atoms with van der Waals surface area (Å²) in [7, 11) is 1.96. The number of nitriles is 1. The minimum Gasteiger partial charge on any atom is -0.370 e. The van der Waals surface area contributed by atoms with Gasteiger partial charge in [0.05, 0.1) is 35.2 Å². The summed E-state index contributed by atoms with van der Waals surface area (Å²) in [4.78, 5) is 2.39. The Bertz CT molecular complexity index is 1170. The van der Waals surface area contributed by atoms with Crippen molar-refractivity contribution in [3.05, 3.63) is 48.9 Å². The quantitative estimate of drug-likeness (QED) is 0.550. The van der Waals surface area contributed by atoms with Crippen LogP contribution in [0, 0.1) is 17.2 Å². The van der Waals surface area contributed by atoms with E-state index in [0.29, 0.717) is 0 Å². The summed E-state index contributed by atoms with van der Waals surface area (Å²) in [5, 5.41) is 19.2. The van der Waals surface area contributed by atoms with Crippen LogP contribution in [0.4, 0.5) is 5.69 Å². The lowest BCUT2D eigenvalue weighted by Crippen LogP contribution is -2.33. The Labute approximate surface area is 157 Å². The lowest BCUT2D eigenvalue weighted by atomic mass is 9.97. The second kappa shape index (κ2) is 6.13. The molecule has 1 fully saturated rings. The number of hydrogen-bond acceptors (Lipinski definition) is 4. The molecule has 0 amide bonds. The summed E-state index contributed by atoms with van der Waals surface area (Å²) in [5.41, 5.74) is 5.70. The number of pyridine rings is 1. The molecule has 6 nitrogen and oxygen atoms in total. The Morgan fingerprint density at radius 1 is 1.11 bits per heavy atom. The maximum absolute atomic E-state index is 9.18. The van der Waals surface area contributed by atoms with Crippen molar-refractivity contribution in [2.75, 3.05) is 18.0 Å². The molecule has 0 aliphatic carbocycles. The first-order valence-corrected chi connectivity index (χ1v) is 9.27. The molecule has 0 N–H and O–H groups in total. The average Bonchev–Trinajstić information content (AvgIpc) is 3.31. The fourth-order valence-electron chi connectivity index (χ4n) is 4.07. The van der Waals surface area contributed by atoms with E-state index < -0.39 is 0 Å². The summed E-state index contributed by atoms with van der Waals surface area (Å²) in [6.45, 7) is 1.81. The van der Waals surface area contributed by atoms with Crippen LogP contribution >= 0.6 is 0 Å². The SMILES string of the molecule is Cn1ncc2cc(-c3cnn4cccc(N5CCC(C#N)CC5)c34)ccc21. The molecule has 0 atom stereocenters. The molecule has 0 unspecified atom stereocenters. The van der Waals surface area contributed by atoms with Gasteiger partial charge in [0.15, 0.2) is 0 Å². The van der Waals surface area contributed by atoms with Gasteiger partial charge in [-0.1, -0.05) is 6.07 Å². The Balaban J connectivity index is 1.62. The first kappa shape index (κ1) is 15.9. The van der Waals surface area contributed by atoms with Crippen molar-refractivity contribution in [2.45, 2.75) is 12.8 Å². The highest BCUT2D eigenvalue weighted by atomic mass is 15.2. The van der Waals surface area contributed by atoms with Crippen LogP contribution in [0.5, 0.6) is 0 Å². The summed E-state index contributed by atoms with van der Waals surface area (Å²) in [6.07, 6.45) is 7.68. The Morgan fingerprint density at radius 2 is 1.96 bits per heavy atom. The van der Waals surface area contributed by atoms with Gasteiger partial charge >= 0.3 is 0 Å². The maximum atomic E-state index is 9.18. The zero-order valence-corrected chi connectivity index (χ0v) is 15.2. The van der Waals surface area contributed by atoms with E-state index in [4.69, 9.17) is 0 Å². The van der Waals surface area contributed by atoms with Crippen LogP contribution in [0.25, 0.3) is 27.5 Å². The molecule has 1 aliphatic heterocycles. The zero-order valence-electron chi connectivity index (χ0n) is 15.2. The van der Waals surface area contributed by atoms with Crippen LogP contribution < -0.4 is 4.90 Å². The molecule has 0 bridgehead atoms. The summed E-state index contributed by atoms with van der Waals surface area (Å²) in [5.74, 6) is 0.179. The van der Waals surface area contributed by atoms with Gasteiger partial charge in [-0.15, -0.1) is 0 Å². The Kier molecular flexibility index (Phi) is 3.61. The highest BCUT2D eigenvalue weighted by molar-refractivity contribution is 5.93. The molecule has 4 aromatic rings. The minimum atomic E-state index is 0.179. The van der Waals surface area contributed by atoms with E-state index in [0.717, 1.165) is 53.5 Å². The lowest BCUT2D eigenvalue weighted by Gasteiger charge is -2.31. The van der Waals surface area contributed by atoms with Gasteiger partial charge in [0, 0.05) is 43.2 Å². The van der Waals surface area contributed by atoms with Crippen molar-refractivity contribution in [1.82, 2.24) is 19.4 Å². The van der Waals surface area contributed by atoms with Crippen molar-refractivity contribution in [3.63, 3.8) is 0 Å². The lowest BCUT2D eigenvalue weighted by molar-refractivity contribution is 0.488. The van der Waals surface area contributed by atoms with Gasteiger partial charge in [0.25, 0.3) is 0 Å². The standard InChI is InChI=1S/C21H20N6/c1-25-19-5-4-16(11-17(19)13-23-25)18-14-24-27-8-2-3-20(21(18)27)26-9-6-15(12-22)7-10-26/h2-5,8,11,13-15H,6-7,9-10H2,1H3. The number of fused-ring (bicyclic) bond motifs is 2. The largest absolute Gasteiger partial charge is 0.370 e. The smallest absolute Gasteiger partial charge is 0.0973 e. The summed E-state index contributed by atoms with van der Waals surface area (Å²) < 4.78 is 3.84. The Morgan fingerprint density at radius 3 is 2.78 bits per heavy atom. The van der Waals surface area contributed by atoms with Crippen molar-refractivity contribution in [1.29, 1.82) is 5.26 Å². The molecule has 6 heteroatoms. The molecule has 1 saturated heterocycles. The summed E-state index contributed by atoms with van der Waals surface area (Å²) in [6, 6.07) is 13.0. The fraction of sp³-hybridized carbons (Fsp3) is 0.286. The molecule has 0 radical (unpaired) electrons. The van der Waals surface area contributed by atoms with Gasteiger partial charge in [0.1, 0.15) is 0 Å². The molecule has 134 valence electrons. The van der Waals surface area contributed by atoms with E-state index in [1.807, 2.05) is 40.9 Å². The van der Waals surface area contributed by atoms with Crippen LogP contribution in [-0.4, -0.2) is 32.5 Å². The highest BCUT2D eigenvalue weighted by Gasteiger charge is 2.22. The van der Waals surface area contributed by atoms with Gasteiger partial charge in [0.2, 0.25) is 0 Å². The molecule has 0 saturated carbocycles. The van der Waals surface area contributed by atoms with Gasteiger partial charge in [-0.3, -0.25) is 4.68 Å². The van der Waals surface area contributed by atoms with E-state index in [-0.39, 0.29) is 5.92 Å². The van der Waals surface area contributed by atoms with E-state index in [2.05, 4.69) is 45.4 Å². The van der Waals surface area contributed by atoms with Crippen LogP contribution in [0.15, 0.2) is 48.9 Å². The predicted octanol–water partition coefficient (Wildman–Crippen LogP) is 3.63. The van der Waals surface area contributed by atoms with Crippen molar-refractivity contribution >= 4 is 22.1 Å². The molecular weight excluding hydrogens is 336 g/mol. The van der Waals surface area contributed by atoms with Gasteiger partial charge in [-0.05, 0) is 42.7 Å². The fourth-order valence-corrected chi connectivity index (χ4v) is 4.07. The topological polar surface area (TPSA) is 62.2 Å². The van der Waals surface area contributed by atoms with Crippen molar-refractivity contribution < 1.29 is 0 Å². The second-order valence-electron chi connectivity index (χ2n) is 7.18. The molecule has 4 heterocycles. The number of rotatable bonds is 2. The number of aryl methyl sites for hydroxylation is 1. The van der Waals surface area contributed by atoms with Crippen LogP contribution in [0.3, 0.4) is 0 Å². The number of aromatic nitrogens is 4. The van der Waals surface area contributed by atoms with E-state index >= 15 is 0 Å². The predicted molar refractivity (Wildman–Crippen MR) is 105 cm³/mol. The minimum absolute atomic E-state index is 0.179. The zero-order chi connectivity index (χ0) is 18.4. The van der Waals surface area contributed by atoms with Gasteiger partial charge in [-0.25, -0.2) is 4.52 Å². The number of anilines is 1. The summed E-state index contributed by atoms with van der Waals surface area (Å²) >= 11 is 0. The maximum Gasteiger partial charge on any atom is 0.0973 e.